The van der Waals surface area contributed by atoms with Crippen LogP contribution in [0.15, 0.2) is 42.0 Å². The quantitative estimate of drug-likeness (QED) is 0.708. The van der Waals surface area contributed by atoms with Crippen LogP contribution in [-0.4, -0.2) is 29.1 Å². The summed E-state index contributed by atoms with van der Waals surface area (Å²) in [6.07, 6.45) is 4.87. The molecule has 2 rings (SSSR count). The Labute approximate surface area is 149 Å². The number of rotatable bonds is 7. The first kappa shape index (κ1) is 19.2. The molecule has 5 nitrogen and oxygen atoms in total. The average Bonchev–Trinajstić information content (AvgIpc) is 2.58. The molecule has 1 aromatic carbocycles. The molecule has 0 fully saturated rings. The Kier molecular flexibility index (Phi) is 6.76. The molecule has 136 valence electrons. The van der Waals surface area contributed by atoms with Gasteiger partial charge in [-0.1, -0.05) is 49.8 Å². The van der Waals surface area contributed by atoms with Gasteiger partial charge in [-0.25, -0.2) is 4.79 Å². The van der Waals surface area contributed by atoms with Crippen molar-refractivity contribution in [2.45, 2.75) is 51.6 Å². The van der Waals surface area contributed by atoms with Crippen molar-refractivity contribution < 1.29 is 14.7 Å². The lowest BCUT2D eigenvalue weighted by Crippen LogP contribution is -2.55. The highest BCUT2D eigenvalue weighted by molar-refractivity contribution is 5.87. The van der Waals surface area contributed by atoms with Gasteiger partial charge in [0, 0.05) is 24.5 Å². The lowest BCUT2D eigenvalue weighted by atomic mass is 9.73. The molecule has 0 radical (unpaired) electrons. The number of nitrogens with one attached hydrogen (secondary N) is 1. The molecule has 5 heteroatoms. The van der Waals surface area contributed by atoms with Gasteiger partial charge < -0.3 is 16.2 Å². The Balaban J connectivity index is 2.21. The zero-order valence-corrected chi connectivity index (χ0v) is 14.9. The van der Waals surface area contributed by atoms with Gasteiger partial charge in [-0.05, 0) is 30.7 Å². The predicted molar refractivity (Wildman–Crippen MR) is 97.9 cm³/mol. The minimum absolute atomic E-state index is 0.0625. The summed E-state index contributed by atoms with van der Waals surface area (Å²) in [5.74, 6) is -0.847. The fourth-order valence-corrected chi connectivity index (χ4v) is 3.76. The maximum absolute atomic E-state index is 11.6. The van der Waals surface area contributed by atoms with Gasteiger partial charge in [0.25, 0.3) is 0 Å². The summed E-state index contributed by atoms with van der Waals surface area (Å²) in [7, 11) is 0. The van der Waals surface area contributed by atoms with E-state index < -0.39 is 5.97 Å². The summed E-state index contributed by atoms with van der Waals surface area (Å²) in [4.78, 5) is 23.1. The van der Waals surface area contributed by atoms with E-state index in [0.29, 0.717) is 5.57 Å². The van der Waals surface area contributed by atoms with Gasteiger partial charge in [0.1, 0.15) is 0 Å². The van der Waals surface area contributed by atoms with Crippen molar-refractivity contribution in [3.8, 4) is 0 Å². The molecule has 0 spiro atoms. The van der Waals surface area contributed by atoms with Crippen molar-refractivity contribution in [2.75, 3.05) is 0 Å². The largest absolute Gasteiger partial charge is 0.478 e. The Bertz CT molecular complexity index is 627. The first-order valence-electron chi connectivity index (χ1n) is 8.93. The van der Waals surface area contributed by atoms with Gasteiger partial charge in [0.15, 0.2) is 0 Å². The number of carbonyl (C=O) groups is 2. The van der Waals surface area contributed by atoms with E-state index in [1.165, 1.54) is 12.5 Å². The van der Waals surface area contributed by atoms with Crippen LogP contribution in [0.5, 0.6) is 0 Å². The van der Waals surface area contributed by atoms with E-state index in [0.717, 1.165) is 19.3 Å². The minimum atomic E-state index is -0.917. The van der Waals surface area contributed by atoms with Crippen molar-refractivity contribution in [3.05, 3.63) is 47.5 Å². The third kappa shape index (κ3) is 5.16. The normalized spacial score (nSPS) is 24.3. The van der Waals surface area contributed by atoms with Crippen molar-refractivity contribution in [3.63, 3.8) is 0 Å². The molecule has 0 saturated carbocycles. The highest BCUT2D eigenvalue weighted by Gasteiger charge is 2.37. The molecule has 0 bridgehead atoms. The maximum Gasteiger partial charge on any atom is 0.331 e. The summed E-state index contributed by atoms with van der Waals surface area (Å²) >= 11 is 0. The zero-order valence-electron chi connectivity index (χ0n) is 14.9. The summed E-state index contributed by atoms with van der Waals surface area (Å²) in [6.45, 7) is 3.58. The van der Waals surface area contributed by atoms with Crippen molar-refractivity contribution in [1.29, 1.82) is 0 Å². The fourth-order valence-electron chi connectivity index (χ4n) is 3.76. The molecule has 1 aliphatic rings. The number of hydrogen-bond donors (Lipinski definition) is 3. The molecule has 0 aliphatic heterocycles. The Morgan fingerprint density at radius 1 is 1.32 bits per heavy atom. The van der Waals surface area contributed by atoms with Gasteiger partial charge in [0.2, 0.25) is 5.91 Å². The van der Waals surface area contributed by atoms with E-state index in [1.807, 2.05) is 24.3 Å². The molecular weight excluding hydrogens is 316 g/mol. The number of hydrogen-bond acceptors (Lipinski definition) is 3. The highest BCUT2D eigenvalue weighted by Crippen LogP contribution is 2.33. The van der Waals surface area contributed by atoms with Crippen LogP contribution < -0.4 is 11.1 Å². The van der Waals surface area contributed by atoms with Crippen LogP contribution in [0.3, 0.4) is 0 Å². The lowest BCUT2D eigenvalue weighted by Gasteiger charge is -2.39. The molecule has 25 heavy (non-hydrogen) atoms. The monoisotopic (exact) mass is 344 g/mol. The summed E-state index contributed by atoms with van der Waals surface area (Å²) < 4.78 is 0. The molecule has 1 aliphatic carbocycles. The van der Waals surface area contributed by atoms with Crippen LogP contribution in [0.4, 0.5) is 0 Å². The zero-order chi connectivity index (χ0) is 18.4. The van der Waals surface area contributed by atoms with Crippen LogP contribution >= 0.6 is 0 Å². The highest BCUT2D eigenvalue weighted by atomic mass is 16.4. The molecule has 4 N–H and O–H groups in total. The Morgan fingerprint density at radius 2 is 2.00 bits per heavy atom. The standard InChI is InChI=1S/C20H28N2O3/c1-3-15(10-9-14-7-5-4-6-8-14)17-11-16(20(24)25)12-18(21)19(17)22-13(2)23/h4-8,11,15,17-19H,3,9-10,12,21H2,1-2H3,(H,22,23)(H,24,25)/t15-,17?,18-,19-/m0/s1. The van der Waals surface area contributed by atoms with E-state index in [9.17, 15) is 14.7 Å². The number of nitrogens with two attached hydrogens (primary N) is 1. The summed E-state index contributed by atoms with van der Waals surface area (Å²) in [5.41, 5.74) is 7.85. The number of benzene rings is 1. The van der Waals surface area contributed by atoms with Crippen molar-refractivity contribution in [2.24, 2.45) is 17.6 Å². The van der Waals surface area contributed by atoms with Crippen LogP contribution in [0.1, 0.15) is 38.7 Å². The second-order valence-electron chi connectivity index (χ2n) is 6.86. The molecule has 1 unspecified atom stereocenters. The van der Waals surface area contributed by atoms with Gasteiger partial charge in [-0.15, -0.1) is 0 Å². The summed E-state index contributed by atoms with van der Waals surface area (Å²) in [6, 6.07) is 9.64. The average molecular weight is 344 g/mol. The smallest absolute Gasteiger partial charge is 0.331 e. The first-order chi connectivity index (χ1) is 11.9. The van der Waals surface area contributed by atoms with Crippen LogP contribution in [0, 0.1) is 11.8 Å². The number of aryl methyl sites for hydroxylation is 1. The molecule has 1 amide bonds. The topological polar surface area (TPSA) is 92.4 Å². The maximum atomic E-state index is 11.6. The van der Waals surface area contributed by atoms with Crippen LogP contribution in [0.25, 0.3) is 0 Å². The van der Waals surface area contributed by atoms with E-state index in [4.69, 9.17) is 5.73 Å². The van der Waals surface area contributed by atoms with Gasteiger partial charge in [0.05, 0.1) is 6.04 Å². The number of carboxylic acids is 1. The molecule has 0 heterocycles. The first-order valence-corrected chi connectivity index (χ1v) is 8.93. The molecular formula is C20H28N2O3. The second-order valence-corrected chi connectivity index (χ2v) is 6.86. The lowest BCUT2D eigenvalue weighted by molar-refractivity contribution is -0.133. The SMILES string of the molecule is CC[C@@H](CCc1ccccc1)C1C=C(C(=O)O)C[C@H](N)[C@H]1NC(C)=O. The number of amides is 1. The van der Waals surface area contributed by atoms with Crippen molar-refractivity contribution >= 4 is 11.9 Å². The molecule has 0 saturated heterocycles. The van der Waals surface area contributed by atoms with Crippen LogP contribution in [0.2, 0.25) is 0 Å². The van der Waals surface area contributed by atoms with E-state index in [1.54, 1.807) is 0 Å². The molecule has 0 aromatic heterocycles. The van der Waals surface area contributed by atoms with Crippen molar-refractivity contribution in [1.82, 2.24) is 5.32 Å². The number of carbonyl (C=O) groups excluding carboxylic acids is 1. The van der Waals surface area contributed by atoms with Crippen LogP contribution in [-0.2, 0) is 16.0 Å². The minimum Gasteiger partial charge on any atom is -0.478 e. The fraction of sp³-hybridized carbons (Fsp3) is 0.500. The number of carboxylic acid groups (broad SMARTS) is 1. The Morgan fingerprint density at radius 3 is 2.56 bits per heavy atom. The van der Waals surface area contributed by atoms with E-state index >= 15 is 0 Å². The molecule has 1 aromatic rings. The van der Waals surface area contributed by atoms with E-state index in [2.05, 4.69) is 24.4 Å². The third-order valence-corrected chi connectivity index (χ3v) is 5.09. The Hall–Kier alpha value is -2.14. The van der Waals surface area contributed by atoms with Gasteiger partial charge in [-0.2, -0.15) is 0 Å². The summed E-state index contributed by atoms with van der Waals surface area (Å²) in [5, 5.41) is 12.3. The molecule has 4 atom stereocenters. The van der Waals surface area contributed by atoms with E-state index in [-0.39, 0.29) is 36.2 Å². The van der Waals surface area contributed by atoms with Gasteiger partial charge >= 0.3 is 5.97 Å². The predicted octanol–water partition coefficient (Wildman–Crippen LogP) is 2.51. The van der Waals surface area contributed by atoms with Gasteiger partial charge in [-0.3, -0.25) is 4.79 Å². The third-order valence-electron chi connectivity index (χ3n) is 5.09. The second kappa shape index (κ2) is 8.81. The number of aliphatic carboxylic acids is 1.